The molecule has 0 saturated carbocycles. The topological polar surface area (TPSA) is 156 Å². The number of fused-ring (bicyclic) bond motifs is 2. The molecular formula is C48H52Cl2F2N8O4. The van der Waals surface area contributed by atoms with Crippen molar-refractivity contribution in [1.29, 1.82) is 0 Å². The van der Waals surface area contributed by atoms with Crippen LogP contribution in [0.15, 0.2) is 85.5 Å². The van der Waals surface area contributed by atoms with Crippen LogP contribution in [-0.4, -0.2) is 92.6 Å². The van der Waals surface area contributed by atoms with Crippen LogP contribution < -0.4 is 10.6 Å². The molecule has 6 aromatic rings. The Bertz CT molecular complexity index is 2500. The summed E-state index contributed by atoms with van der Waals surface area (Å²) in [4.78, 5) is 67.8. The fraction of sp³-hybridized carbons (Fsp3) is 0.375. The number of aromatic amines is 2. The number of nitrogens with zero attached hydrogens (tertiary/aromatic N) is 4. The van der Waals surface area contributed by atoms with Gasteiger partial charge in [-0.25, -0.2) is 8.78 Å². The van der Waals surface area contributed by atoms with E-state index in [0.29, 0.717) is 65.0 Å². The minimum Gasteiger partial charge on any atom is -0.351 e. The molecule has 336 valence electrons. The first-order valence-electron chi connectivity index (χ1n) is 21.9. The van der Waals surface area contributed by atoms with E-state index in [4.69, 9.17) is 23.2 Å². The van der Waals surface area contributed by atoms with Gasteiger partial charge in [-0.3, -0.25) is 29.1 Å². The Labute approximate surface area is 380 Å². The van der Waals surface area contributed by atoms with E-state index in [9.17, 15) is 28.0 Å². The van der Waals surface area contributed by atoms with Crippen LogP contribution in [0, 0.1) is 23.5 Å². The molecule has 64 heavy (non-hydrogen) atoms. The third-order valence-electron chi connectivity index (χ3n) is 12.1. The van der Waals surface area contributed by atoms with E-state index in [1.807, 2.05) is 23.1 Å². The molecule has 6 heterocycles. The molecule has 0 bridgehead atoms. The van der Waals surface area contributed by atoms with E-state index in [1.54, 1.807) is 54.0 Å². The second-order valence-corrected chi connectivity index (χ2v) is 17.4. The number of H-pyrrole nitrogens is 2. The summed E-state index contributed by atoms with van der Waals surface area (Å²) < 4.78 is 26.5. The lowest BCUT2D eigenvalue weighted by atomic mass is 9.91. The Kier molecular flexibility index (Phi) is 16.0. The van der Waals surface area contributed by atoms with Crippen LogP contribution in [0.3, 0.4) is 0 Å². The van der Waals surface area contributed by atoms with Gasteiger partial charge in [0.25, 0.3) is 23.6 Å². The van der Waals surface area contributed by atoms with Crippen molar-refractivity contribution in [3.8, 4) is 0 Å². The summed E-state index contributed by atoms with van der Waals surface area (Å²) in [5.74, 6) is -1.33. The number of benzene rings is 2. The molecule has 16 heteroatoms. The summed E-state index contributed by atoms with van der Waals surface area (Å²) in [5, 5.41) is 8.72. The molecule has 0 aliphatic carbocycles. The van der Waals surface area contributed by atoms with Crippen molar-refractivity contribution in [3.05, 3.63) is 130 Å². The number of nitrogens with one attached hydrogen (secondary N) is 4. The maximum Gasteiger partial charge on any atom is 0.267 e. The number of carbonyl (C=O) groups excluding carboxylic acids is 4. The fourth-order valence-electron chi connectivity index (χ4n) is 8.39. The molecule has 0 spiro atoms. The Morgan fingerprint density at radius 3 is 1.64 bits per heavy atom. The van der Waals surface area contributed by atoms with Gasteiger partial charge in [-0.2, -0.15) is 0 Å². The van der Waals surface area contributed by atoms with Crippen LogP contribution in [0.5, 0.6) is 0 Å². The maximum atomic E-state index is 13.4. The molecule has 4 N–H and O–H groups in total. The fourth-order valence-corrected chi connectivity index (χ4v) is 8.76. The van der Waals surface area contributed by atoms with E-state index in [0.717, 1.165) is 111 Å². The zero-order valence-electron chi connectivity index (χ0n) is 35.5. The number of pyridine rings is 2. The van der Waals surface area contributed by atoms with Gasteiger partial charge in [-0.15, -0.1) is 0 Å². The molecule has 4 amide bonds. The van der Waals surface area contributed by atoms with E-state index >= 15 is 0 Å². The van der Waals surface area contributed by atoms with Crippen LogP contribution in [0.25, 0.3) is 21.8 Å². The summed E-state index contributed by atoms with van der Waals surface area (Å²) in [5.41, 5.74) is 3.55. The second kappa shape index (κ2) is 22.2. The van der Waals surface area contributed by atoms with E-state index in [2.05, 4.69) is 30.6 Å². The number of piperidine rings is 2. The molecule has 0 atom stereocenters. The van der Waals surface area contributed by atoms with Gasteiger partial charge < -0.3 is 30.4 Å². The van der Waals surface area contributed by atoms with Crippen LogP contribution in [0.1, 0.15) is 106 Å². The lowest BCUT2D eigenvalue weighted by Crippen LogP contribution is -2.38. The predicted octanol–water partition coefficient (Wildman–Crippen LogP) is 9.62. The average molecular weight is 914 g/mol. The summed E-state index contributed by atoms with van der Waals surface area (Å²) >= 11 is 12.2. The van der Waals surface area contributed by atoms with E-state index < -0.39 is 11.6 Å². The Morgan fingerprint density at radius 2 is 1.14 bits per heavy atom. The molecular weight excluding hydrogens is 861 g/mol. The van der Waals surface area contributed by atoms with Gasteiger partial charge in [0.1, 0.15) is 11.4 Å². The highest BCUT2D eigenvalue weighted by atomic mass is 35.5. The largest absolute Gasteiger partial charge is 0.351 e. The van der Waals surface area contributed by atoms with Crippen molar-refractivity contribution < 1.29 is 28.0 Å². The average Bonchev–Trinajstić information content (AvgIpc) is 3.96. The number of carbonyl (C=O) groups is 4. The third-order valence-corrected chi connectivity index (χ3v) is 12.7. The van der Waals surface area contributed by atoms with Gasteiger partial charge in [0.2, 0.25) is 0 Å². The number of halogens is 4. The number of hydrogen-bond acceptors (Lipinski definition) is 6. The maximum absolute atomic E-state index is 13.4. The van der Waals surface area contributed by atoms with Crippen molar-refractivity contribution >= 4 is 68.6 Å². The molecule has 8 rings (SSSR count). The summed E-state index contributed by atoms with van der Waals surface area (Å²) in [6, 6.07) is 15.6. The van der Waals surface area contributed by atoms with Crippen molar-refractivity contribution in [2.75, 3.05) is 39.3 Å². The minimum atomic E-state index is -1.00. The Hall–Kier alpha value is -5.86. The third kappa shape index (κ3) is 12.2. The van der Waals surface area contributed by atoms with Crippen LogP contribution in [-0.2, 0) is 0 Å². The van der Waals surface area contributed by atoms with Gasteiger partial charge in [-0.05, 0) is 111 Å². The van der Waals surface area contributed by atoms with Gasteiger partial charge in [0.15, 0.2) is 11.6 Å². The highest BCUT2D eigenvalue weighted by Crippen LogP contribution is 2.28. The zero-order chi connectivity index (χ0) is 45.0. The minimum absolute atomic E-state index is 0.0496. The highest BCUT2D eigenvalue weighted by Gasteiger charge is 2.26. The van der Waals surface area contributed by atoms with Crippen molar-refractivity contribution in [1.82, 2.24) is 40.4 Å². The number of aromatic nitrogens is 4. The summed E-state index contributed by atoms with van der Waals surface area (Å²) in [6.07, 6.45) is 16.6. The number of unbranched alkanes of at least 4 members (excludes halogenated alkanes) is 2. The predicted molar refractivity (Wildman–Crippen MR) is 245 cm³/mol. The first kappa shape index (κ1) is 46.1. The monoisotopic (exact) mass is 912 g/mol. The second-order valence-electron chi connectivity index (χ2n) is 16.5. The molecule has 2 fully saturated rings. The van der Waals surface area contributed by atoms with Crippen molar-refractivity contribution in [3.63, 3.8) is 0 Å². The standard InChI is InChI=1S/C24H26Cl2N4O2.C24H26F2N4O2/c25-18-4-5-20(26)19(14-18)24(32)30-11-7-16(8-12-30)3-1-2-9-28-23(31)22-13-17-15-27-10-6-21(17)29-22;25-19-5-4-17(13-20(19)26)24(32)30-11-7-16(8-12-30)3-1-2-9-28-23(31)22-14-18-15-27-10-6-21(18)29-22/h2*4-6,10,13-16,29H,1-3,7-9,11-12H2,(H,28,31). The number of likely N-dealkylation sites (tertiary alicyclic amines) is 2. The lowest BCUT2D eigenvalue weighted by molar-refractivity contribution is 0.0678. The Balaban J connectivity index is 0.000000191. The molecule has 12 nitrogen and oxygen atoms in total. The first-order valence-corrected chi connectivity index (χ1v) is 22.7. The van der Waals surface area contributed by atoms with E-state index in [-0.39, 0.29) is 29.2 Å². The smallest absolute Gasteiger partial charge is 0.267 e. The summed E-state index contributed by atoms with van der Waals surface area (Å²) in [7, 11) is 0. The summed E-state index contributed by atoms with van der Waals surface area (Å²) in [6.45, 7) is 3.97. The highest BCUT2D eigenvalue weighted by molar-refractivity contribution is 6.35. The number of amides is 4. The van der Waals surface area contributed by atoms with Gasteiger partial charge in [0.05, 0.1) is 10.6 Å². The molecule has 2 aliphatic rings. The lowest BCUT2D eigenvalue weighted by Gasteiger charge is -2.32. The molecule has 2 aliphatic heterocycles. The number of hydrogen-bond donors (Lipinski definition) is 4. The van der Waals surface area contributed by atoms with Crippen LogP contribution in [0.4, 0.5) is 8.78 Å². The molecule has 4 aromatic heterocycles. The Morgan fingerprint density at radius 1 is 0.625 bits per heavy atom. The zero-order valence-corrected chi connectivity index (χ0v) is 37.0. The van der Waals surface area contributed by atoms with Crippen LogP contribution >= 0.6 is 23.2 Å². The SMILES string of the molecule is O=C(NCCCCC1CCN(C(=O)c2cc(Cl)ccc2Cl)CC1)c1cc2cnccc2[nH]1.O=C(NCCCCC1CCN(C(=O)c2ccc(F)c(F)c2)CC1)c1cc2cnccc2[nH]1. The van der Waals surface area contributed by atoms with Crippen molar-refractivity contribution in [2.45, 2.75) is 64.2 Å². The molecule has 0 radical (unpaired) electrons. The first-order chi connectivity index (χ1) is 31.0. The molecule has 2 saturated heterocycles. The van der Waals surface area contributed by atoms with Crippen LogP contribution in [0.2, 0.25) is 10.0 Å². The molecule has 2 aromatic carbocycles. The van der Waals surface area contributed by atoms with E-state index in [1.165, 1.54) is 6.07 Å². The van der Waals surface area contributed by atoms with Gasteiger partial charge in [0, 0.05) is 96.4 Å². The van der Waals surface area contributed by atoms with Gasteiger partial charge in [-0.1, -0.05) is 48.9 Å². The quantitative estimate of drug-likeness (QED) is 0.0798. The van der Waals surface area contributed by atoms with Crippen molar-refractivity contribution in [2.24, 2.45) is 11.8 Å². The normalized spacial score (nSPS) is 14.6. The number of rotatable bonds is 14. The van der Waals surface area contributed by atoms with Gasteiger partial charge >= 0.3 is 0 Å². The molecule has 0 unspecified atom stereocenters.